The van der Waals surface area contributed by atoms with E-state index >= 15 is 0 Å². The van der Waals surface area contributed by atoms with Gasteiger partial charge in [0, 0.05) is 42.4 Å². The Morgan fingerprint density at radius 2 is 2.03 bits per heavy atom. The van der Waals surface area contributed by atoms with Crippen molar-refractivity contribution in [3.8, 4) is 23.0 Å². The van der Waals surface area contributed by atoms with Gasteiger partial charge in [-0.2, -0.15) is 0 Å². The minimum Gasteiger partial charge on any atom is -0.497 e. The number of ether oxygens (including phenoxy) is 1. The van der Waals surface area contributed by atoms with Crippen LogP contribution in [0, 0.1) is 0 Å². The van der Waals surface area contributed by atoms with Crippen LogP contribution in [0.5, 0.6) is 5.75 Å². The van der Waals surface area contributed by atoms with Crippen LogP contribution in [0.2, 0.25) is 0 Å². The molecule has 194 valence electrons. The van der Waals surface area contributed by atoms with E-state index in [0.717, 1.165) is 73.2 Å². The number of nitrogens with two attached hydrogens (primary N) is 1. The normalized spacial score (nSPS) is 16.6. The van der Waals surface area contributed by atoms with Crippen molar-refractivity contribution in [2.75, 3.05) is 19.4 Å². The Kier molecular flexibility index (Phi) is 6.49. The number of piperidine rings is 1. The number of aromatic nitrogens is 5. The first-order valence-corrected chi connectivity index (χ1v) is 13.2. The van der Waals surface area contributed by atoms with Crippen LogP contribution in [0.3, 0.4) is 0 Å². The summed E-state index contributed by atoms with van der Waals surface area (Å²) < 4.78 is 6.92. The van der Waals surface area contributed by atoms with E-state index in [0.29, 0.717) is 18.1 Å². The first-order valence-electron chi connectivity index (χ1n) is 13.2. The molecule has 9 heteroatoms. The Morgan fingerprint density at radius 1 is 1.13 bits per heavy atom. The van der Waals surface area contributed by atoms with Gasteiger partial charge in [-0.3, -0.25) is 9.78 Å². The first kappa shape index (κ1) is 24.1. The molecule has 3 aromatic heterocycles. The van der Waals surface area contributed by atoms with Crippen molar-refractivity contribution in [3.05, 3.63) is 77.4 Å². The van der Waals surface area contributed by atoms with E-state index in [9.17, 15) is 4.79 Å². The van der Waals surface area contributed by atoms with Gasteiger partial charge in [-0.05, 0) is 86.4 Å². The number of aryl methyl sites for hydroxylation is 3. The summed E-state index contributed by atoms with van der Waals surface area (Å²) in [5, 5.41) is 4.44. The van der Waals surface area contributed by atoms with Gasteiger partial charge in [-0.1, -0.05) is 6.07 Å². The molecule has 0 radical (unpaired) electrons. The lowest BCUT2D eigenvalue weighted by molar-refractivity contribution is 0.0602. The molecule has 1 amide bonds. The van der Waals surface area contributed by atoms with Gasteiger partial charge >= 0.3 is 0 Å². The molecule has 1 aliphatic carbocycles. The van der Waals surface area contributed by atoms with Crippen LogP contribution in [-0.2, 0) is 19.3 Å². The number of anilines is 1. The van der Waals surface area contributed by atoms with Crippen LogP contribution in [0.25, 0.3) is 17.2 Å². The summed E-state index contributed by atoms with van der Waals surface area (Å²) in [6.45, 7) is 0.714. The third-order valence-corrected chi connectivity index (χ3v) is 7.61. The molecule has 1 atom stereocenters. The maximum Gasteiger partial charge on any atom is 0.259 e. The molecule has 0 bridgehead atoms. The van der Waals surface area contributed by atoms with Gasteiger partial charge in [-0.15, -0.1) is 5.10 Å². The van der Waals surface area contributed by atoms with Crippen LogP contribution in [-0.4, -0.2) is 55.2 Å². The van der Waals surface area contributed by atoms with Crippen LogP contribution in [0.1, 0.15) is 52.9 Å². The summed E-state index contributed by atoms with van der Waals surface area (Å²) in [7, 11) is 1.67. The maximum atomic E-state index is 13.7. The molecule has 1 unspecified atom stereocenters. The molecule has 38 heavy (non-hydrogen) atoms. The van der Waals surface area contributed by atoms with E-state index in [4.69, 9.17) is 15.5 Å². The largest absolute Gasteiger partial charge is 0.497 e. The van der Waals surface area contributed by atoms with Gasteiger partial charge in [0.1, 0.15) is 11.3 Å². The third-order valence-electron chi connectivity index (χ3n) is 7.61. The zero-order chi connectivity index (χ0) is 26.1. The zero-order valence-electron chi connectivity index (χ0n) is 21.5. The molecular weight excluding hydrogens is 478 g/mol. The lowest BCUT2D eigenvalue weighted by atomic mass is 9.90. The summed E-state index contributed by atoms with van der Waals surface area (Å²) in [6, 6.07) is 12.1. The van der Waals surface area contributed by atoms with Gasteiger partial charge in [0.25, 0.3) is 11.9 Å². The van der Waals surface area contributed by atoms with Crippen molar-refractivity contribution in [2.24, 2.45) is 0 Å². The average Bonchev–Trinajstić information content (AvgIpc) is 3.37. The quantitative estimate of drug-likeness (QED) is 0.417. The standard InChI is InChI=1S/C29H31N7O2/c1-38-23-12-13-24-19(16-23)8-9-20-17-32-29(33-26(20)24)36-18-25(27(30)34-36)28(37)35-15-5-3-7-22(35)11-10-21-6-2-4-14-31-21/h2,4,6,12-14,16-18,22H,3,5,7-11,15H2,1H3,(H2,30,34). The summed E-state index contributed by atoms with van der Waals surface area (Å²) >= 11 is 0. The number of fused-ring (bicyclic) bond motifs is 3. The highest BCUT2D eigenvalue weighted by atomic mass is 16.5. The molecule has 2 N–H and O–H groups in total. The number of nitrogens with zero attached hydrogens (tertiary/aromatic N) is 6. The van der Waals surface area contributed by atoms with Gasteiger partial charge in [0.2, 0.25) is 0 Å². The molecule has 1 saturated heterocycles. The molecule has 0 saturated carbocycles. The Morgan fingerprint density at radius 3 is 2.87 bits per heavy atom. The number of hydrogen-bond acceptors (Lipinski definition) is 7. The van der Waals surface area contributed by atoms with E-state index in [1.165, 1.54) is 10.2 Å². The topological polar surface area (TPSA) is 112 Å². The van der Waals surface area contributed by atoms with Gasteiger partial charge < -0.3 is 15.4 Å². The van der Waals surface area contributed by atoms with Crippen molar-refractivity contribution < 1.29 is 9.53 Å². The fourth-order valence-corrected chi connectivity index (χ4v) is 5.57. The molecule has 6 rings (SSSR count). The SMILES string of the molecule is COc1ccc2c(c1)CCc1cnc(-n3cc(C(=O)N4CCCCC4CCc4ccccn4)c(N)n3)nc1-2. The highest BCUT2D eigenvalue weighted by Gasteiger charge is 2.30. The van der Waals surface area contributed by atoms with Gasteiger partial charge in [-0.25, -0.2) is 14.6 Å². The van der Waals surface area contributed by atoms with Crippen molar-refractivity contribution in [2.45, 2.75) is 51.0 Å². The Labute approximate surface area is 221 Å². The van der Waals surface area contributed by atoms with Gasteiger partial charge in [0.05, 0.1) is 12.8 Å². The molecule has 1 aromatic carbocycles. The zero-order valence-corrected chi connectivity index (χ0v) is 21.5. The number of benzene rings is 1. The van der Waals surface area contributed by atoms with Crippen LogP contribution in [0.4, 0.5) is 5.82 Å². The van der Waals surface area contributed by atoms with E-state index in [2.05, 4.69) is 21.1 Å². The number of likely N-dealkylation sites (tertiary alicyclic amines) is 1. The molecule has 9 nitrogen and oxygen atoms in total. The van der Waals surface area contributed by atoms with Crippen molar-refractivity contribution in [1.82, 2.24) is 29.6 Å². The Bertz CT molecular complexity index is 1470. The molecule has 2 aliphatic rings. The average molecular weight is 510 g/mol. The highest BCUT2D eigenvalue weighted by molar-refractivity contribution is 5.98. The molecule has 4 aromatic rings. The van der Waals surface area contributed by atoms with Crippen LogP contribution in [0.15, 0.2) is 55.0 Å². The molecule has 1 fully saturated rings. The number of carbonyl (C=O) groups is 1. The molecule has 0 spiro atoms. The molecule has 4 heterocycles. The number of nitrogen functional groups attached to an aromatic ring is 1. The third kappa shape index (κ3) is 4.60. The Balaban J connectivity index is 1.25. The van der Waals surface area contributed by atoms with Crippen molar-refractivity contribution in [1.29, 1.82) is 0 Å². The van der Waals surface area contributed by atoms with Crippen LogP contribution < -0.4 is 10.5 Å². The van der Waals surface area contributed by atoms with Crippen LogP contribution >= 0.6 is 0 Å². The number of amides is 1. The molecular formula is C29H31N7O2. The second-order valence-electron chi connectivity index (χ2n) is 9.95. The number of hydrogen-bond donors (Lipinski definition) is 1. The van der Waals surface area contributed by atoms with E-state index < -0.39 is 0 Å². The highest BCUT2D eigenvalue weighted by Crippen LogP contribution is 2.34. The van der Waals surface area contributed by atoms with E-state index in [1.807, 2.05) is 47.6 Å². The second-order valence-corrected chi connectivity index (χ2v) is 9.95. The predicted octanol–water partition coefficient (Wildman–Crippen LogP) is 4.04. The fourth-order valence-electron chi connectivity index (χ4n) is 5.57. The van der Waals surface area contributed by atoms with E-state index in [1.54, 1.807) is 13.3 Å². The fraction of sp³-hybridized carbons (Fsp3) is 0.345. The maximum absolute atomic E-state index is 13.7. The van der Waals surface area contributed by atoms with E-state index in [-0.39, 0.29) is 17.8 Å². The summed E-state index contributed by atoms with van der Waals surface area (Å²) in [5.41, 5.74) is 11.9. The minimum atomic E-state index is -0.0881. The number of methoxy groups -OCH3 is 1. The minimum absolute atomic E-state index is 0.0881. The monoisotopic (exact) mass is 509 g/mol. The van der Waals surface area contributed by atoms with Gasteiger partial charge in [0.15, 0.2) is 5.82 Å². The summed E-state index contributed by atoms with van der Waals surface area (Å²) in [4.78, 5) is 29.5. The first-order chi connectivity index (χ1) is 18.6. The molecule has 1 aliphatic heterocycles. The Hall–Kier alpha value is -4.27. The predicted molar refractivity (Wildman–Crippen MR) is 144 cm³/mol. The summed E-state index contributed by atoms with van der Waals surface area (Å²) in [5.74, 6) is 1.33. The number of carbonyl (C=O) groups excluding carboxylic acids is 1. The number of pyridine rings is 1. The summed E-state index contributed by atoms with van der Waals surface area (Å²) in [6.07, 6.45) is 11.9. The number of rotatable bonds is 6. The second kappa shape index (κ2) is 10.2. The van der Waals surface area contributed by atoms with Crippen molar-refractivity contribution in [3.63, 3.8) is 0 Å². The lowest BCUT2D eigenvalue weighted by Gasteiger charge is -2.35. The van der Waals surface area contributed by atoms with Crippen molar-refractivity contribution >= 4 is 11.7 Å². The lowest BCUT2D eigenvalue weighted by Crippen LogP contribution is -2.44. The smallest absolute Gasteiger partial charge is 0.259 e.